The van der Waals surface area contributed by atoms with Crippen molar-refractivity contribution in [2.24, 2.45) is 0 Å². The highest BCUT2D eigenvalue weighted by molar-refractivity contribution is 9.10. The van der Waals surface area contributed by atoms with E-state index in [2.05, 4.69) is 21.2 Å². The first-order chi connectivity index (χ1) is 10.0. The first-order valence-electron chi connectivity index (χ1n) is 6.12. The van der Waals surface area contributed by atoms with Crippen LogP contribution >= 0.6 is 39.3 Å². The third kappa shape index (κ3) is 7.06. The summed E-state index contributed by atoms with van der Waals surface area (Å²) in [6.07, 6.45) is 0.786. The Morgan fingerprint density at radius 1 is 1.52 bits per heavy atom. The number of benzene rings is 1. The highest BCUT2D eigenvalue weighted by Crippen LogP contribution is 2.28. The van der Waals surface area contributed by atoms with Gasteiger partial charge in [0.05, 0.1) is 11.1 Å². The van der Waals surface area contributed by atoms with Gasteiger partial charge in [-0.3, -0.25) is 4.79 Å². The molecule has 21 heavy (non-hydrogen) atoms. The molecule has 1 aromatic carbocycles. The summed E-state index contributed by atoms with van der Waals surface area (Å²) in [6.45, 7) is 0.504. The van der Waals surface area contributed by atoms with Gasteiger partial charge in [-0.05, 0) is 46.3 Å². The van der Waals surface area contributed by atoms with Gasteiger partial charge >= 0.3 is 5.97 Å². The lowest BCUT2D eigenvalue weighted by Crippen LogP contribution is -2.36. The van der Waals surface area contributed by atoms with E-state index in [-0.39, 0.29) is 0 Å². The molecule has 0 aliphatic heterocycles. The summed E-state index contributed by atoms with van der Waals surface area (Å²) in [5.41, 5.74) is 0. The SMILES string of the molecule is O=CNC(CCSCCOc1ccc(Cl)cc1Br)C(=O)O. The lowest BCUT2D eigenvalue weighted by Gasteiger charge is -2.11. The summed E-state index contributed by atoms with van der Waals surface area (Å²) in [5.74, 6) is 1.04. The highest BCUT2D eigenvalue weighted by Gasteiger charge is 2.15. The number of carbonyl (C=O) groups is 2. The number of ether oxygens (including phenoxy) is 1. The second kappa shape index (κ2) is 9.92. The second-order valence-electron chi connectivity index (χ2n) is 4.00. The van der Waals surface area contributed by atoms with E-state index in [1.165, 1.54) is 0 Å². The van der Waals surface area contributed by atoms with E-state index in [0.29, 0.717) is 36.0 Å². The minimum atomic E-state index is -1.02. The smallest absolute Gasteiger partial charge is 0.326 e. The van der Waals surface area contributed by atoms with Crippen molar-refractivity contribution in [2.45, 2.75) is 12.5 Å². The van der Waals surface area contributed by atoms with E-state index in [0.717, 1.165) is 10.2 Å². The number of aliphatic carboxylic acids is 1. The zero-order valence-corrected chi connectivity index (χ0v) is 14.2. The van der Waals surface area contributed by atoms with Gasteiger partial charge in [-0.15, -0.1) is 0 Å². The molecule has 1 unspecified atom stereocenters. The van der Waals surface area contributed by atoms with Crippen LogP contribution in [0.25, 0.3) is 0 Å². The first-order valence-corrected chi connectivity index (χ1v) is 8.45. The molecule has 116 valence electrons. The van der Waals surface area contributed by atoms with Gasteiger partial charge in [-0.1, -0.05) is 11.6 Å². The van der Waals surface area contributed by atoms with Crippen molar-refractivity contribution >= 4 is 51.7 Å². The number of hydrogen-bond donors (Lipinski definition) is 2. The van der Waals surface area contributed by atoms with Crippen LogP contribution in [-0.2, 0) is 9.59 Å². The molecule has 0 spiro atoms. The quantitative estimate of drug-likeness (QED) is 0.470. The van der Waals surface area contributed by atoms with E-state index in [1.54, 1.807) is 30.0 Å². The Hall–Kier alpha value is -0.920. The third-order valence-corrected chi connectivity index (χ3v) is 4.33. The zero-order valence-electron chi connectivity index (χ0n) is 11.1. The molecule has 0 aliphatic rings. The van der Waals surface area contributed by atoms with E-state index in [4.69, 9.17) is 21.4 Å². The van der Waals surface area contributed by atoms with Gasteiger partial charge in [0.2, 0.25) is 6.41 Å². The number of carboxylic acids is 1. The maximum Gasteiger partial charge on any atom is 0.326 e. The minimum absolute atomic E-state index is 0.378. The van der Waals surface area contributed by atoms with Crippen LogP contribution in [0.1, 0.15) is 6.42 Å². The highest BCUT2D eigenvalue weighted by atomic mass is 79.9. The summed E-state index contributed by atoms with van der Waals surface area (Å²) in [4.78, 5) is 21.0. The summed E-state index contributed by atoms with van der Waals surface area (Å²) in [7, 11) is 0. The summed E-state index contributed by atoms with van der Waals surface area (Å²) in [5, 5.41) is 11.7. The molecule has 8 heteroatoms. The predicted octanol–water partition coefficient (Wildman–Crippen LogP) is 2.80. The van der Waals surface area contributed by atoms with Crippen molar-refractivity contribution in [3.63, 3.8) is 0 Å². The number of amides is 1. The van der Waals surface area contributed by atoms with Crippen molar-refractivity contribution in [1.82, 2.24) is 5.32 Å². The molecule has 0 fully saturated rings. The van der Waals surface area contributed by atoms with Crippen LogP contribution in [0, 0.1) is 0 Å². The van der Waals surface area contributed by atoms with Gasteiger partial charge in [0.25, 0.3) is 0 Å². The first kappa shape index (κ1) is 18.1. The van der Waals surface area contributed by atoms with Gasteiger partial charge in [-0.2, -0.15) is 11.8 Å². The van der Waals surface area contributed by atoms with Gasteiger partial charge < -0.3 is 15.2 Å². The number of carboxylic acid groups (broad SMARTS) is 1. The van der Waals surface area contributed by atoms with Crippen molar-refractivity contribution < 1.29 is 19.4 Å². The van der Waals surface area contributed by atoms with E-state index < -0.39 is 12.0 Å². The van der Waals surface area contributed by atoms with Gasteiger partial charge in [0.1, 0.15) is 11.8 Å². The molecule has 0 heterocycles. The number of nitrogens with one attached hydrogen (secondary N) is 1. The van der Waals surface area contributed by atoms with Crippen LogP contribution in [-0.4, -0.2) is 41.6 Å². The zero-order chi connectivity index (χ0) is 15.7. The Labute approximate surface area is 140 Å². The van der Waals surface area contributed by atoms with Gasteiger partial charge in [-0.25, -0.2) is 4.79 Å². The van der Waals surface area contributed by atoms with Crippen LogP contribution < -0.4 is 10.1 Å². The maximum atomic E-state index is 10.8. The molecular weight excluding hydrogens is 382 g/mol. The van der Waals surface area contributed by atoms with Crippen LogP contribution in [0.5, 0.6) is 5.75 Å². The average molecular weight is 397 g/mol. The lowest BCUT2D eigenvalue weighted by atomic mass is 10.2. The number of thioether (sulfide) groups is 1. The Balaban J connectivity index is 2.19. The lowest BCUT2D eigenvalue weighted by molar-refractivity contribution is -0.140. The molecule has 0 aromatic heterocycles. The van der Waals surface area contributed by atoms with Gasteiger partial charge in [0, 0.05) is 10.8 Å². The third-order valence-electron chi connectivity index (χ3n) is 2.50. The molecule has 5 nitrogen and oxygen atoms in total. The van der Waals surface area contributed by atoms with Gasteiger partial charge in [0.15, 0.2) is 0 Å². The van der Waals surface area contributed by atoms with Crippen LogP contribution in [0.2, 0.25) is 5.02 Å². The van der Waals surface area contributed by atoms with E-state index in [9.17, 15) is 9.59 Å². The molecule has 0 saturated heterocycles. The molecular formula is C13H15BrClNO4S. The molecule has 1 aromatic rings. The van der Waals surface area contributed by atoms with E-state index in [1.807, 2.05) is 0 Å². The van der Waals surface area contributed by atoms with Crippen LogP contribution in [0.15, 0.2) is 22.7 Å². The largest absolute Gasteiger partial charge is 0.492 e. The standard InChI is InChI=1S/C13H15BrClNO4S/c14-10-7-9(15)1-2-12(10)20-4-6-21-5-3-11(13(18)19)16-8-17/h1-2,7-8,11H,3-6H2,(H,16,17)(H,18,19). The summed E-state index contributed by atoms with van der Waals surface area (Å²) in [6, 6.07) is 4.46. The normalized spacial score (nSPS) is 11.7. The topological polar surface area (TPSA) is 75.6 Å². The Kier molecular flexibility index (Phi) is 8.56. The van der Waals surface area contributed by atoms with E-state index >= 15 is 0 Å². The average Bonchev–Trinajstić information content (AvgIpc) is 2.43. The molecule has 1 amide bonds. The Morgan fingerprint density at radius 2 is 2.29 bits per heavy atom. The predicted molar refractivity (Wildman–Crippen MR) is 87.2 cm³/mol. The number of halogens is 2. The fourth-order valence-electron chi connectivity index (χ4n) is 1.47. The summed E-state index contributed by atoms with van der Waals surface area (Å²) < 4.78 is 6.37. The number of rotatable bonds is 10. The maximum absolute atomic E-state index is 10.8. The second-order valence-corrected chi connectivity index (χ2v) is 6.52. The molecule has 0 bridgehead atoms. The summed E-state index contributed by atoms with van der Waals surface area (Å²) >= 11 is 10.8. The molecule has 0 saturated carbocycles. The fourth-order valence-corrected chi connectivity index (χ4v) is 3.07. The molecule has 1 rings (SSSR count). The Bertz CT molecular complexity index is 489. The molecule has 2 N–H and O–H groups in total. The Morgan fingerprint density at radius 3 is 2.90 bits per heavy atom. The van der Waals surface area contributed by atoms with Crippen molar-refractivity contribution in [3.05, 3.63) is 27.7 Å². The van der Waals surface area contributed by atoms with Crippen LogP contribution in [0.3, 0.4) is 0 Å². The number of carbonyl (C=O) groups excluding carboxylic acids is 1. The van der Waals surface area contributed by atoms with Crippen molar-refractivity contribution in [1.29, 1.82) is 0 Å². The van der Waals surface area contributed by atoms with Crippen molar-refractivity contribution in [2.75, 3.05) is 18.1 Å². The molecule has 0 radical (unpaired) electrons. The number of hydrogen-bond acceptors (Lipinski definition) is 4. The monoisotopic (exact) mass is 395 g/mol. The van der Waals surface area contributed by atoms with Crippen molar-refractivity contribution in [3.8, 4) is 5.75 Å². The molecule has 0 aliphatic carbocycles. The molecule has 1 atom stereocenters. The van der Waals surface area contributed by atoms with Crippen LogP contribution in [0.4, 0.5) is 0 Å². The fraction of sp³-hybridized carbons (Fsp3) is 0.385. The minimum Gasteiger partial charge on any atom is -0.492 e.